The van der Waals surface area contributed by atoms with E-state index < -0.39 is 35.7 Å². The number of carboxylic acid groups (broad SMARTS) is 2. The van der Waals surface area contributed by atoms with Crippen LogP contribution in [-0.2, 0) is 19.2 Å². The molecule has 2 unspecified atom stereocenters. The number of nitrogens with zero attached hydrogens (tertiary/aromatic N) is 1. The van der Waals surface area contributed by atoms with Crippen LogP contribution in [0.1, 0.15) is 18.4 Å². The maximum atomic E-state index is 12.2. The summed E-state index contributed by atoms with van der Waals surface area (Å²) in [5.74, 6) is -5.17. The molecule has 2 rings (SSSR count). The Morgan fingerprint density at radius 2 is 1.88 bits per heavy atom. The van der Waals surface area contributed by atoms with Crippen LogP contribution in [-0.4, -0.2) is 51.5 Å². The van der Waals surface area contributed by atoms with Gasteiger partial charge in [-0.3, -0.25) is 14.4 Å². The van der Waals surface area contributed by atoms with E-state index in [1.165, 1.54) is 24.0 Å². The quantitative estimate of drug-likeness (QED) is 0.387. The summed E-state index contributed by atoms with van der Waals surface area (Å²) >= 11 is 0. The van der Waals surface area contributed by atoms with Crippen LogP contribution in [0.3, 0.4) is 0 Å². The molecule has 0 saturated carbocycles. The SMILES string of the molecule is CC(=CC(=O)O)N1CC(NC(=O)C(C(=O)O)c2ccccc2)C1=O. The van der Waals surface area contributed by atoms with Crippen LogP contribution in [0, 0.1) is 0 Å². The third kappa shape index (κ3) is 3.60. The molecule has 2 amide bonds. The lowest BCUT2D eigenvalue weighted by Crippen LogP contribution is -2.63. The van der Waals surface area contributed by atoms with Gasteiger partial charge >= 0.3 is 11.9 Å². The van der Waals surface area contributed by atoms with E-state index >= 15 is 0 Å². The first kappa shape index (κ1) is 17.2. The highest BCUT2D eigenvalue weighted by Crippen LogP contribution is 2.20. The van der Waals surface area contributed by atoms with E-state index in [1.54, 1.807) is 18.2 Å². The maximum Gasteiger partial charge on any atom is 0.330 e. The first-order valence-electron chi connectivity index (χ1n) is 7.12. The number of nitrogens with one attached hydrogen (secondary N) is 1. The van der Waals surface area contributed by atoms with Crippen LogP contribution >= 0.6 is 0 Å². The number of amides is 2. The molecule has 0 radical (unpaired) electrons. The molecule has 0 bridgehead atoms. The molecule has 24 heavy (non-hydrogen) atoms. The van der Waals surface area contributed by atoms with Gasteiger partial charge in [0.1, 0.15) is 6.04 Å². The molecule has 126 valence electrons. The van der Waals surface area contributed by atoms with Crippen molar-refractivity contribution in [2.45, 2.75) is 18.9 Å². The molecule has 1 aromatic rings. The summed E-state index contributed by atoms with van der Waals surface area (Å²) in [4.78, 5) is 47.4. The Bertz CT molecular complexity index is 713. The molecule has 1 fully saturated rings. The molecule has 2 atom stereocenters. The summed E-state index contributed by atoms with van der Waals surface area (Å²) in [7, 11) is 0. The molecule has 8 heteroatoms. The van der Waals surface area contributed by atoms with E-state index in [-0.39, 0.29) is 12.2 Å². The third-order valence-corrected chi connectivity index (χ3v) is 3.65. The third-order valence-electron chi connectivity index (χ3n) is 3.65. The zero-order valence-corrected chi connectivity index (χ0v) is 12.8. The lowest BCUT2D eigenvalue weighted by Gasteiger charge is -2.39. The van der Waals surface area contributed by atoms with E-state index in [0.717, 1.165) is 6.08 Å². The fourth-order valence-electron chi connectivity index (χ4n) is 2.41. The number of likely N-dealkylation sites (tertiary alicyclic amines) is 1. The average Bonchev–Trinajstić information content (AvgIpc) is 2.50. The van der Waals surface area contributed by atoms with Gasteiger partial charge in [-0.2, -0.15) is 0 Å². The van der Waals surface area contributed by atoms with Crippen LogP contribution in [0.5, 0.6) is 0 Å². The Morgan fingerprint density at radius 3 is 2.38 bits per heavy atom. The predicted octanol–water partition coefficient (Wildman–Crippen LogP) is 0.170. The van der Waals surface area contributed by atoms with Gasteiger partial charge in [-0.05, 0) is 12.5 Å². The van der Waals surface area contributed by atoms with Gasteiger partial charge < -0.3 is 20.4 Å². The fourth-order valence-corrected chi connectivity index (χ4v) is 2.41. The van der Waals surface area contributed by atoms with Crippen LogP contribution < -0.4 is 5.32 Å². The Labute approximate surface area is 137 Å². The van der Waals surface area contributed by atoms with Crippen LogP contribution in [0.2, 0.25) is 0 Å². The molecule has 1 aliphatic heterocycles. The van der Waals surface area contributed by atoms with Crippen molar-refractivity contribution in [2.75, 3.05) is 6.54 Å². The van der Waals surface area contributed by atoms with E-state index in [9.17, 15) is 24.3 Å². The number of carbonyl (C=O) groups is 4. The Morgan fingerprint density at radius 1 is 1.25 bits per heavy atom. The Hall–Kier alpha value is -3.16. The van der Waals surface area contributed by atoms with Crippen molar-refractivity contribution >= 4 is 23.8 Å². The monoisotopic (exact) mass is 332 g/mol. The molecule has 0 spiro atoms. The second kappa shape index (κ2) is 6.95. The van der Waals surface area contributed by atoms with Crippen LogP contribution in [0.15, 0.2) is 42.1 Å². The standard InChI is InChI=1S/C16H16N2O6/c1-9(7-12(19)20)18-8-11(15(18)22)17-14(21)13(16(23)24)10-5-3-2-4-6-10/h2-7,11,13H,8H2,1H3,(H,17,21)(H,19,20)(H,23,24). The first-order valence-corrected chi connectivity index (χ1v) is 7.12. The van der Waals surface area contributed by atoms with Crippen molar-refractivity contribution in [1.29, 1.82) is 0 Å². The zero-order valence-electron chi connectivity index (χ0n) is 12.8. The fraction of sp³-hybridized carbons (Fsp3) is 0.250. The molecular formula is C16H16N2O6. The molecule has 8 nitrogen and oxygen atoms in total. The highest BCUT2D eigenvalue weighted by atomic mass is 16.4. The first-order chi connectivity index (χ1) is 11.3. The van der Waals surface area contributed by atoms with E-state index in [2.05, 4.69) is 5.32 Å². The summed E-state index contributed by atoms with van der Waals surface area (Å²) in [6, 6.07) is 7.12. The van der Waals surface area contributed by atoms with Gasteiger partial charge in [0, 0.05) is 11.8 Å². The molecular weight excluding hydrogens is 316 g/mol. The van der Waals surface area contributed by atoms with Gasteiger partial charge in [0.15, 0.2) is 5.92 Å². The minimum Gasteiger partial charge on any atom is -0.480 e. The van der Waals surface area contributed by atoms with Crippen molar-refractivity contribution in [3.05, 3.63) is 47.7 Å². The van der Waals surface area contributed by atoms with E-state index in [4.69, 9.17) is 5.11 Å². The summed E-state index contributed by atoms with van der Waals surface area (Å²) in [5, 5.41) is 20.3. The number of β-lactam (4-membered cyclic amide) rings is 1. The number of allylic oxidation sites excluding steroid dienone is 1. The molecule has 0 aromatic heterocycles. The number of hydrogen-bond acceptors (Lipinski definition) is 4. The largest absolute Gasteiger partial charge is 0.480 e. The minimum absolute atomic E-state index is 0.0985. The van der Waals surface area contributed by atoms with E-state index in [1.807, 2.05) is 0 Å². The molecule has 3 N–H and O–H groups in total. The lowest BCUT2D eigenvalue weighted by molar-refractivity contribution is -0.148. The topological polar surface area (TPSA) is 124 Å². The van der Waals surface area contributed by atoms with Gasteiger partial charge in [-0.25, -0.2) is 4.79 Å². The van der Waals surface area contributed by atoms with Crippen molar-refractivity contribution in [3.8, 4) is 0 Å². The van der Waals surface area contributed by atoms with Crippen LogP contribution in [0.4, 0.5) is 0 Å². The molecule has 0 aliphatic carbocycles. The number of rotatable bonds is 6. The second-order valence-electron chi connectivity index (χ2n) is 5.32. The summed E-state index contributed by atoms with van der Waals surface area (Å²) in [6.07, 6.45) is 0.889. The summed E-state index contributed by atoms with van der Waals surface area (Å²) in [5.41, 5.74) is 0.559. The molecule has 1 aliphatic rings. The smallest absolute Gasteiger partial charge is 0.330 e. The molecule has 1 aromatic carbocycles. The maximum absolute atomic E-state index is 12.2. The number of carboxylic acids is 2. The van der Waals surface area contributed by atoms with Gasteiger partial charge in [0.2, 0.25) is 5.91 Å². The molecule has 1 heterocycles. The van der Waals surface area contributed by atoms with Gasteiger partial charge in [-0.1, -0.05) is 30.3 Å². The normalized spacial score (nSPS) is 18.5. The summed E-state index contributed by atoms with van der Waals surface area (Å²) < 4.78 is 0. The zero-order chi connectivity index (χ0) is 17.9. The van der Waals surface area contributed by atoms with Gasteiger partial charge in [-0.15, -0.1) is 0 Å². The number of aliphatic carboxylic acids is 2. The lowest BCUT2D eigenvalue weighted by atomic mass is 9.97. The number of hydrogen-bond donors (Lipinski definition) is 3. The van der Waals surface area contributed by atoms with Gasteiger partial charge in [0.25, 0.3) is 5.91 Å². The van der Waals surface area contributed by atoms with Crippen molar-refractivity contribution in [3.63, 3.8) is 0 Å². The van der Waals surface area contributed by atoms with Crippen LogP contribution in [0.25, 0.3) is 0 Å². The van der Waals surface area contributed by atoms with Crippen molar-refractivity contribution in [2.24, 2.45) is 0 Å². The second-order valence-corrected chi connectivity index (χ2v) is 5.32. The highest BCUT2D eigenvalue weighted by molar-refractivity contribution is 6.05. The minimum atomic E-state index is -1.41. The van der Waals surface area contributed by atoms with Gasteiger partial charge in [0.05, 0.1) is 6.54 Å². The Balaban J connectivity index is 2.04. The number of carbonyl (C=O) groups excluding carboxylic acids is 2. The summed E-state index contributed by atoms with van der Waals surface area (Å²) in [6.45, 7) is 1.56. The highest BCUT2D eigenvalue weighted by Gasteiger charge is 2.41. The van der Waals surface area contributed by atoms with Crippen molar-refractivity contribution in [1.82, 2.24) is 10.2 Å². The van der Waals surface area contributed by atoms with E-state index in [0.29, 0.717) is 5.56 Å². The van der Waals surface area contributed by atoms with Crippen molar-refractivity contribution < 1.29 is 29.4 Å². The number of benzene rings is 1. The Kier molecular flexibility index (Phi) is 4.98. The predicted molar refractivity (Wildman–Crippen MR) is 81.9 cm³/mol. The molecule has 1 saturated heterocycles. The average molecular weight is 332 g/mol.